The molecule has 3 aliphatic heterocycles. The summed E-state index contributed by atoms with van der Waals surface area (Å²) in [5.74, 6) is 1.45. The first-order valence-corrected chi connectivity index (χ1v) is 9.88. The lowest BCUT2D eigenvalue weighted by molar-refractivity contribution is 0.0584. The Morgan fingerprint density at radius 3 is 2.81 bits per heavy atom. The number of carbonyl (C=O) groups is 1. The van der Waals surface area contributed by atoms with Crippen molar-refractivity contribution in [3.8, 4) is 5.75 Å². The summed E-state index contributed by atoms with van der Waals surface area (Å²) in [7, 11) is 0. The highest BCUT2D eigenvalue weighted by molar-refractivity contribution is 5.95. The van der Waals surface area contributed by atoms with Crippen molar-refractivity contribution in [3.63, 3.8) is 0 Å². The first-order valence-electron chi connectivity index (χ1n) is 9.88. The number of nitrogens with zero attached hydrogens (tertiary/aromatic N) is 3. The molecule has 0 unspecified atom stereocenters. The van der Waals surface area contributed by atoms with Gasteiger partial charge in [-0.2, -0.15) is 0 Å². The normalized spacial score (nSPS) is 22.5. The highest BCUT2D eigenvalue weighted by atomic mass is 16.5. The summed E-state index contributed by atoms with van der Waals surface area (Å²) in [4.78, 5) is 21.9. The fourth-order valence-corrected chi connectivity index (χ4v) is 4.35. The SMILES string of the molecule is CCOc1cccc(C(=O)N2C[C@H]3CC[C@@H]2CN(Cc2ccncc2)C3)c1. The number of ether oxygens (including phenoxy) is 1. The maximum absolute atomic E-state index is 13.2. The lowest BCUT2D eigenvalue weighted by Crippen LogP contribution is -2.47. The summed E-state index contributed by atoms with van der Waals surface area (Å²) in [5.41, 5.74) is 2.02. The molecule has 0 radical (unpaired) electrons. The van der Waals surface area contributed by atoms with Gasteiger partial charge in [0, 0.05) is 50.2 Å². The van der Waals surface area contributed by atoms with E-state index in [9.17, 15) is 4.79 Å². The maximum Gasteiger partial charge on any atom is 0.254 e. The molecule has 3 fully saturated rings. The molecule has 0 spiro atoms. The van der Waals surface area contributed by atoms with E-state index in [1.165, 1.54) is 12.0 Å². The number of pyridine rings is 1. The van der Waals surface area contributed by atoms with Gasteiger partial charge in [0.05, 0.1) is 6.61 Å². The van der Waals surface area contributed by atoms with Crippen LogP contribution in [0.25, 0.3) is 0 Å². The van der Waals surface area contributed by atoms with Gasteiger partial charge in [-0.3, -0.25) is 14.7 Å². The molecule has 1 aromatic heterocycles. The zero-order chi connectivity index (χ0) is 18.6. The van der Waals surface area contributed by atoms with Crippen molar-refractivity contribution >= 4 is 5.91 Å². The number of amides is 1. The summed E-state index contributed by atoms with van der Waals surface area (Å²) in [5, 5.41) is 0. The van der Waals surface area contributed by atoms with E-state index in [2.05, 4.69) is 26.9 Å². The Morgan fingerprint density at radius 1 is 1.15 bits per heavy atom. The molecule has 2 bridgehead atoms. The average Bonchev–Trinajstić information content (AvgIpc) is 2.99. The number of rotatable bonds is 5. The number of aromatic nitrogens is 1. The van der Waals surface area contributed by atoms with Gasteiger partial charge in [0.1, 0.15) is 5.75 Å². The molecule has 2 aromatic rings. The average molecular weight is 365 g/mol. The molecule has 0 saturated carbocycles. The van der Waals surface area contributed by atoms with E-state index < -0.39 is 0 Å². The number of carbonyl (C=O) groups excluding carboxylic acids is 1. The smallest absolute Gasteiger partial charge is 0.254 e. The van der Waals surface area contributed by atoms with Gasteiger partial charge in [-0.1, -0.05) is 6.07 Å². The van der Waals surface area contributed by atoms with Crippen molar-refractivity contribution in [2.45, 2.75) is 32.4 Å². The van der Waals surface area contributed by atoms with Crippen molar-refractivity contribution in [3.05, 3.63) is 59.9 Å². The minimum Gasteiger partial charge on any atom is -0.494 e. The molecule has 5 nitrogen and oxygen atoms in total. The Hall–Kier alpha value is -2.40. The third kappa shape index (κ3) is 4.14. The van der Waals surface area contributed by atoms with E-state index in [4.69, 9.17) is 4.74 Å². The first-order chi connectivity index (χ1) is 13.2. The van der Waals surface area contributed by atoms with E-state index >= 15 is 0 Å². The third-order valence-electron chi connectivity index (χ3n) is 5.60. The minimum atomic E-state index is 0.136. The van der Waals surface area contributed by atoms with Crippen molar-refractivity contribution in [1.82, 2.24) is 14.8 Å². The third-order valence-corrected chi connectivity index (χ3v) is 5.60. The van der Waals surface area contributed by atoms with E-state index in [0.717, 1.165) is 43.9 Å². The van der Waals surface area contributed by atoms with Crippen LogP contribution in [-0.4, -0.2) is 53.0 Å². The molecule has 1 amide bonds. The Bertz CT molecular complexity index is 780. The second-order valence-corrected chi connectivity index (χ2v) is 7.57. The molecule has 0 aliphatic carbocycles. The predicted molar refractivity (Wildman–Crippen MR) is 105 cm³/mol. The Balaban J connectivity index is 1.48. The number of hydrogen-bond donors (Lipinski definition) is 0. The van der Waals surface area contributed by atoms with Crippen LogP contribution in [0.5, 0.6) is 5.75 Å². The Labute approximate surface area is 161 Å². The Kier molecular flexibility index (Phi) is 5.39. The van der Waals surface area contributed by atoms with Crippen LogP contribution in [0.2, 0.25) is 0 Å². The van der Waals surface area contributed by atoms with Crippen LogP contribution in [0.3, 0.4) is 0 Å². The van der Waals surface area contributed by atoms with Crippen molar-refractivity contribution < 1.29 is 9.53 Å². The van der Waals surface area contributed by atoms with Gasteiger partial charge < -0.3 is 9.64 Å². The number of hydrogen-bond acceptors (Lipinski definition) is 4. The van der Waals surface area contributed by atoms with Crippen LogP contribution in [-0.2, 0) is 6.54 Å². The van der Waals surface area contributed by atoms with Crippen molar-refractivity contribution in [2.24, 2.45) is 5.92 Å². The molecular formula is C22H27N3O2. The van der Waals surface area contributed by atoms with Crippen LogP contribution >= 0.6 is 0 Å². The van der Waals surface area contributed by atoms with E-state index in [1.54, 1.807) is 0 Å². The second kappa shape index (κ2) is 8.09. The van der Waals surface area contributed by atoms with Gasteiger partial charge in [-0.05, 0) is 61.6 Å². The van der Waals surface area contributed by atoms with Gasteiger partial charge in [-0.25, -0.2) is 0 Å². The molecule has 3 aliphatic rings. The molecule has 5 heteroatoms. The van der Waals surface area contributed by atoms with Gasteiger partial charge in [0.2, 0.25) is 0 Å². The first kappa shape index (κ1) is 18.0. The van der Waals surface area contributed by atoms with Crippen LogP contribution in [0.15, 0.2) is 48.8 Å². The quantitative estimate of drug-likeness (QED) is 0.816. The summed E-state index contributed by atoms with van der Waals surface area (Å²) >= 11 is 0. The van der Waals surface area contributed by atoms with Gasteiger partial charge in [-0.15, -0.1) is 0 Å². The minimum absolute atomic E-state index is 0.136. The predicted octanol–water partition coefficient (Wildman–Crippen LogP) is 3.22. The molecule has 0 N–H and O–H groups in total. The monoisotopic (exact) mass is 365 g/mol. The number of piperidine rings is 1. The van der Waals surface area contributed by atoms with Crippen LogP contribution in [0.4, 0.5) is 0 Å². The van der Waals surface area contributed by atoms with Gasteiger partial charge in [0.15, 0.2) is 0 Å². The standard InChI is InChI=1S/C22H27N3O2/c1-2-27-21-5-3-4-19(12-21)22(26)25-15-18-6-7-20(25)16-24(14-18)13-17-8-10-23-11-9-17/h3-5,8-12,18,20H,2,6-7,13-16H2,1H3/t18-,20+/m0/s1. The van der Waals surface area contributed by atoms with Gasteiger partial charge in [0.25, 0.3) is 5.91 Å². The topological polar surface area (TPSA) is 45.7 Å². The lowest BCUT2D eigenvalue weighted by atomic mass is 9.94. The molecule has 1 aromatic carbocycles. The van der Waals surface area contributed by atoms with E-state index in [0.29, 0.717) is 12.5 Å². The fourth-order valence-electron chi connectivity index (χ4n) is 4.35. The molecule has 3 saturated heterocycles. The largest absolute Gasteiger partial charge is 0.494 e. The van der Waals surface area contributed by atoms with Crippen LogP contribution < -0.4 is 4.74 Å². The molecule has 2 atom stereocenters. The molecule has 27 heavy (non-hydrogen) atoms. The molecule has 5 rings (SSSR count). The van der Waals surface area contributed by atoms with E-state index in [-0.39, 0.29) is 11.9 Å². The summed E-state index contributed by atoms with van der Waals surface area (Å²) in [6.07, 6.45) is 6.00. The lowest BCUT2D eigenvalue weighted by Gasteiger charge is -2.36. The summed E-state index contributed by atoms with van der Waals surface area (Å²) < 4.78 is 5.57. The van der Waals surface area contributed by atoms with Crippen LogP contribution in [0, 0.1) is 5.92 Å². The second-order valence-electron chi connectivity index (χ2n) is 7.57. The molecular weight excluding hydrogens is 338 g/mol. The van der Waals surface area contributed by atoms with E-state index in [1.807, 2.05) is 43.6 Å². The number of benzene rings is 1. The van der Waals surface area contributed by atoms with Crippen molar-refractivity contribution in [1.29, 1.82) is 0 Å². The van der Waals surface area contributed by atoms with Crippen LogP contribution in [0.1, 0.15) is 35.7 Å². The molecule has 142 valence electrons. The fraction of sp³-hybridized carbons (Fsp3) is 0.455. The Morgan fingerprint density at radius 2 is 2.00 bits per heavy atom. The molecule has 4 heterocycles. The summed E-state index contributed by atoms with van der Waals surface area (Å²) in [6, 6.07) is 12.0. The van der Waals surface area contributed by atoms with Gasteiger partial charge >= 0.3 is 0 Å². The summed E-state index contributed by atoms with van der Waals surface area (Å²) in [6.45, 7) is 6.35. The highest BCUT2D eigenvalue weighted by Gasteiger charge is 2.37. The maximum atomic E-state index is 13.2. The zero-order valence-corrected chi connectivity index (χ0v) is 15.9. The van der Waals surface area contributed by atoms with Crippen molar-refractivity contribution in [2.75, 3.05) is 26.2 Å². The highest BCUT2D eigenvalue weighted by Crippen LogP contribution is 2.30. The number of fused-ring (bicyclic) bond motifs is 4. The zero-order valence-electron chi connectivity index (χ0n) is 15.9.